The van der Waals surface area contributed by atoms with E-state index in [0.717, 1.165) is 0 Å². The van der Waals surface area contributed by atoms with Gasteiger partial charge < -0.3 is 20.4 Å². The van der Waals surface area contributed by atoms with Crippen molar-refractivity contribution in [2.24, 2.45) is 17.8 Å². The number of benzene rings is 2. The SMILES string of the molecule is C[C@@H]1C[C@H]2CC(O)(CO)CC1C2S(=O)(=O)c1cc(C(=O)Nc2cc(F)c(F)c(F)c2)ccc1N(C)C. The van der Waals surface area contributed by atoms with Crippen LogP contribution >= 0.6 is 0 Å². The van der Waals surface area contributed by atoms with E-state index in [4.69, 9.17) is 0 Å². The Bertz CT molecular complexity index is 1280. The van der Waals surface area contributed by atoms with Gasteiger partial charge in [-0.25, -0.2) is 21.6 Å². The summed E-state index contributed by atoms with van der Waals surface area (Å²) in [5.41, 5.74) is -1.34. The van der Waals surface area contributed by atoms with E-state index in [9.17, 15) is 36.6 Å². The average Bonchev–Trinajstić information content (AvgIpc) is 3.04. The zero-order chi connectivity index (χ0) is 26.6. The maximum Gasteiger partial charge on any atom is 0.255 e. The Morgan fingerprint density at radius 1 is 1.14 bits per heavy atom. The van der Waals surface area contributed by atoms with Crippen molar-refractivity contribution in [1.29, 1.82) is 0 Å². The molecule has 2 saturated carbocycles. The number of amides is 1. The standard InChI is InChI=1S/C25H29F3N2O5S/c1-13-6-15-10-25(33,12-31)11-17(13)23(15)36(34,35)21-7-14(4-5-20(21)30(2)3)24(32)29-16-8-18(26)22(28)19(27)9-16/h4-5,7-9,13,15,17,23,31,33H,6,10-12H2,1-3H3,(H,29,32)/t13-,15+,17?,23?,25?/m1/s1. The van der Waals surface area contributed by atoms with Crippen LogP contribution in [0.2, 0.25) is 0 Å². The summed E-state index contributed by atoms with van der Waals surface area (Å²) in [4.78, 5) is 14.4. The molecule has 0 heterocycles. The zero-order valence-corrected chi connectivity index (χ0v) is 20.9. The molecule has 11 heteroatoms. The third-order valence-electron chi connectivity index (χ3n) is 7.45. The molecule has 5 atom stereocenters. The van der Waals surface area contributed by atoms with E-state index >= 15 is 0 Å². The van der Waals surface area contributed by atoms with Gasteiger partial charge in [0.1, 0.15) is 0 Å². The van der Waals surface area contributed by atoms with Crippen LogP contribution in [0.3, 0.4) is 0 Å². The van der Waals surface area contributed by atoms with E-state index in [1.165, 1.54) is 18.2 Å². The molecule has 2 bridgehead atoms. The third kappa shape index (κ3) is 4.59. The average molecular weight is 527 g/mol. The van der Waals surface area contributed by atoms with Crippen molar-refractivity contribution in [2.75, 3.05) is 30.9 Å². The number of nitrogens with zero attached hydrogens (tertiary/aromatic N) is 1. The molecule has 0 aliphatic heterocycles. The Morgan fingerprint density at radius 3 is 2.33 bits per heavy atom. The summed E-state index contributed by atoms with van der Waals surface area (Å²) in [7, 11) is -0.662. The first-order chi connectivity index (χ1) is 16.8. The van der Waals surface area contributed by atoms with Gasteiger partial charge >= 0.3 is 0 Å². The first-order valence-corrected chi connectivity index (χ1v) is 13.2. The molecule has 0 aromatic heterocycles. The molecule has 2 aromatic carbocycles. The summed E-state index contributed by atoms with van der Waals surface area (Å²) in [5, 5.41) is 21.9. The van der Waals surface area contributed by atoms with Crippen LogP contribution in [0.1, 0.15) is 36.5 Å². The van der Waals surface area contributed by atoms with Crippen molar-refractivity contribution in [1.82, 2.24) is 0 Å². The molecule has 2 aliphatic carbocycles. The minimum atomic E-state index is -4.00. The van der Waals surface area contributed by atoms with Crippen LogP contribution in [0, 0.1) is 35.2 Å². The van der Waals surface area contributed by atoms with Crippen molar-refractivity contribution < 1.29 is 36.6 Å². The van der Waals surface area contributed by atoms with Crippen molar-refractivity contribution in [3.63, 3.8) is 0 Å². The Balaban J connectivity index is 1.71. The Kier molecular flexibility index (Phi) is 6.87. The maximum atomic E-state index is 14.0. The van der Waals surface area contributed by atoms with Crippen LogP contribution in [0.15, 0.2) is 35.2 Å². The molecular formula is C25H29F3N2O5S. The molecule has 2 fully saturated rings. The van der Waals surface area contributed by atoms with E-state index < -0.39 is 50.7 Å². The Hall–Kier alpha value is -2.63. The fourth-order valence-corrected chi connectivity index (χ4v) is 8.49. The number of sulfone groups is 1. The highest BCUT2D eigenvalue weighted by Gasteiger charge is 2.56. The molecule has 1 amide bonds. The number of anilines is 2. The van der Waals surface area contributed by atoms with Gasteiger partial charge in [0, 0.05) is 37.5 Å². The summed E-state index contributed by atoms with van der Waals surface area (Å²) >= 11 is 0. The second-order valence-corrected chi connectivity index (χ2v) is 12.3. The highest BCUT2D eigenvalue weighted by atomic mass is 32.2. The smallest absolute Gasteiger partial charge is 0.255 e. The quantitative estimate of drug-likeness (QED) is 0.499. The first-order valence-electron chi connectivity index (χ1n) is 11.6. The van der Waals surface area contributed by atoms with Crippen LogP contribution in [0.5, 0.6) is 0 Å². The van der Waals surface area contributed by atoms with Gasteiger partial charge in [0.25, 0.3) is 5.91 Å². The van der Waals surface area contributed by atoms with Crippen molar-refractivity contribution in [2.45, 2.75) is 41.9 Å². The van der Waals surface area contributed by atoms with Gasteiger partial charge in [0.15, 0.2) is 27.3 Å². The number of carbonyl (C=O) groups excluding carboxylic acids is 1. The Morgan fingerprint density at radius 2 is 1.78 bits per heavy atom. The Labute approximate surface area is 207 Å². The van der Waals surface area contributed by atoms with Gasteiger partial charge in [0.2, 0.25) is 0 Å². The van der Waals surface area contributed by atoms with E-state index in [1.54, 1.807) is 19.0 Å². The predicted octanol–water partition coefficient (Wildman–Crippen LogP) is 3.35. The minimum Gasteiger partial charge on any atom is -0.393 e. The van der Waals surface area contributed by atoms with Crippen LogP contribution in [-0.4, -0.2) is 56.1 Å². The topological polar surface area (TPSA) is 107 Å². The molecule has 0 radical (unpaired) electrons. The van der Waals surface area contributed by atoms with E-state index in [2.05, 4.69) is 5.32 Å². The molecule has 0 saturated heterocycles. The molecular weight excluding hydrogens is 497 g/mol. The van der Waals surface area contributed by atoms with Crippen LogP contribution < -0.4 is 10.2 Å². The van der Waals surface area contributed by atoms with Gasteiger partial charge in [-0.2, -0.15) is 0 Å². The highest BCUT2D eigenvalue weighted by Crippen LogP contribution is 2.54. The molecule has 4 rings (SSSR count). The van der Waals surface area contributed by atoms with Crippen LogP contribution in [0.4, 0.5) is 24.5 Å². The summed E-state index contributed by atoms with van der Waals surface area (Å²) in [6, 6.07) is 5.36. The van der Waals surface area contributed by atoms with Crippen LogP contribution in [-0.2, 0) is 9.84 Å². The van der Waals surface area contributed by atoms with Gasteiger partial charge in [-0.05, 0) is 55.2 Å². The molecule has 3 unspecified atom stereocenters. The number of nitrogens with one attached hydrogen (secondary N) is 1. The molecule has 196 valence electrons. The van der Waals surface area contributed by atoms with Gasteiger partial charge in [-0.3, -0.25) is 4.79 Å². The lowest BCUT2D eigenvalue weighted by molar-refractivity contribution is -0.0614. The number of halogens is 3. The highest BCUT2D eigenvalue weighted by molar-refractivity contribution is 7.92. The lowest BCUT2D eigenvalue weighted by Gasteiger charge is -2.40. The number of carbonyl (C=O) groups is 1. The first kappa shape index (κ1) is 26.4. The number of rotatable bonds is 6. The second-order valence-electron chi connectivity index (χ2n) is 10.2. The van der Waals surface area contributed by atoms with E-state index in [1.807, 2.05) is 6.92 Å². The molecule has 0 spiro atoms. The lowest BCUT2D eigenvalue weighted by Crippen LogP contribution is -2.48. The van der Waals surface area contributed by atoms with Gasteiger partial charge in [-0.1, -0.05) is 6.92 Å². The normalized spacial score (nSPS) is 27.7. The van der Waals surface area contributed by atoms with Crippen LogP contribution in [0.25, 0.3) is 0 Å². The fraction of sp³-hybridized carbons (Fsp3) is 0.480. The maximum absolute atomic E-state index is 14.0. The zero-order valence-electron chi connectivity index (χ0n) is 20.1. The second kappa shape index (κ2) is 9.35. The number of fused-ring (bicyclic) bond motifs is 2. The van der Waals surface area contributed by atoms with E-state index in [0.29, 0.717) is 24.2 Å². The monoisotopic (exact) mass is 526 g/mol. The predicted molar refractivity (Wildman–Crippen MR) is 128 cm³/mol. The summed E-state index contributed by atoms with van der Waals surface area (Å²) in [6.07, 6.45) is 0.910. The summed E-state index contributed by atoms with van der Waals surface area (Å²) < 4.78 is 68.5. The summed E-state index contributed by atoms with van der Waals surface area (Å²) in [6.45, 7) is 1.50. The van der Waals surface area contributed by atoms with Crippen molar-refractivity contribution in [3.8, 4) is 0 Å². The molecule has 36 heavy (non-hydrogen) atoms. The summed E-state index contributed by atoms with van der Waals surface area (Å²) in [5.74, 6) is -6.14. The molecule has 3 N–H and O–H groups in total. The van der Waals surface area contributed by atoms with Gasteiger partial charge in [0.05, 0.1) is 28.0 Å². The number of hydrogen-bond donors (Lipinski definition) is 3. The largest absolute Gasteiger partial charge is 0.393 e. The van der Waals surface area contributed by atoms with Gasteiger partial charge in [-0.15, -0.1) is 0 Å². The fourth-order valence-electron chi connectivity index (χ4n) is 5.83. The molecule has 2 aromatic rings. The van der Waals surface area contributed by atoms with E-state index in [-0.39, 0.29) is 46.7 Å². The molecule has 2 aliphatic rings. The van der Waals surface area contributed by atoms with Crippen molar-refractivity contribution in [3.05, 3.63) is 53.3 Å². The third-order valence-corrected chi connectivity index (χ3v) is 9.85. The number of aliphatic hydroxyl groups excluding tert-OH is 1. The van der Waals surface area contributed by atoms with Crippen molar-refractivity contribution >= 4 is 27.1 Å². The molecule has 7 nitrogen and oxygen atoms in total. The minimum absolute atomic E-state index is 0.0212. The number of aliphatic hydroxyl groups is 2. The lowest BCUT2D eigenvalue weighted by atomic mass is 9.76. The number of hydrogen-bond acceptors (Lipinski definition) is 6.